The molecule has 0 rings (SSSR count). The highest BCUT2D eigenvalue weighted by Gasteiger charge is 1.88. The van der Waals surface area contributed by atoms with Crippen molar-refractivity contribution in [2.75, 3.05) is 0 Å². The van der Waals surface area contributed by atoms with Gasteiger partial charge < -0.3 is 0 Å². The van der Waals surface area contributed by atoms with Crippen molar-refractivity contribution in [2.45, 2.75) is 46.0 Å². The second-order valence-electron chi connectivity index (χ2n) is 2.58. The first kappa shape index (κ1) is 16.3. The number of hydrogen-bond acceptors (Lipinski definition) is 0. The molecule has 0 nitrogen and oxygen atoms in total. The predicted molar refractivity (Wildman–Crippen MR) is 64.9 cm³/mol. The van der Waals surface area contributed by atoms with E-state index in [-0.39, 0.29) is 8.98 Å². The molecule has 0 radical (unpaired) electrons. The monoisotopic (exact) mass is 264 g/mol. The fourth-order valence-corrected chi connectivity index (χ4v) is 0.677. The summed E-state index contributed by atoms with van der Waals surface area (Å²) in [6, 6.07) is 0. The molecule has 0 unspecified atom stereocenters. The Hall–Kier alpha value is 0.900. The van der Waals surface area contributed by atoms with Crippen LogP contribution in [0.4, 0.5) is 0 Å². The van der Waals surface area contributed by atoms with Gasteiger partial charge in [0, 0.05) is 0 Å². The van der Waals surface area contributed by atoms with Crippen LogP contribution in [0.25, 0.3) is 0 Å². The van der Waals surface area contributed by atoms with Gasteiger partial charge in [0.15, 0.2) is 0 Å². The zero-order valence-corrected chi connectivity index (χ0v) is 11.1. The largest absolute Gasteiger partial charge is 0.136 e. The lowest BCUT2D eigenvalue weighted by atomic mass is 10.2. The van der Waals surface area contributed by atoms with Gasteiger partial charge in [-0.1, -0.05) is 92.4 Å². The lowest BCUT2D eigenvalue weighted by Crippen LogP contribution is -1.70. The van der Waals surface area contributed by atoms with Gasteiger partial charge in [0.2, 0.25) is 0 Å². The number of halogens is 4. The summed E-state index contributed by atoms with van der Waals surface area (Å²) >= 11 is 20.0. The van der Waals surface area contributed by atoms with E-state index in [1.165, 1.54) is 32.1 Å². The minimum absolute atomic E-state index is 0.0988. The molecule has 4 heteroatoms. The molecule has 13 heavy (non-hydrogen) atoms. The molecule has 0 amide bonds. The zero-order valence-electron chi connectivity index (χ0n) is 8.05. The molecule has 0 aromatic heterocycles. The molecule has 0 atom stereocenters. The highest BCUT2D eigenvalue weighted by atomic mass is 35.5. The highest BCUT2D eigenvalue weighted by molar-refractivity contribution is 6.67. The van der Waals surface area contributed by atoms with Gasteiger partial charge in [0.1, 0.15) is 8.98 Å². The molecule has 0 aliphatic rings. The smallest absolute Gasteiger partial charge is 0.0682 e. The Bertz CT molecular complexity index is 110. The summed E-state index contributed by atoms with van der Waals surface area (Å²) in [5.41, 5.74) is 0. The van der Waals surface area contributed by atoms with Crippen LogP contribution >= 0.6 is 46.4 Å². The minimum Gasteiger partial charge on any atom is -0.0682 e. The van der Waals surface area contributed by atoms with Crippen molar-refractivity contribution in [3.8, 4) is 0 Å². The second kappa shape index (κ2) is 12.9. The molecule has 0 aromatic carbocycles. The summed E-state index contributed by atoms with van der Waals surface area (Å²) in [6.45, 7) is 4.49. The van der Waals surface area contributed by atoms with Crippen LogP contribution in [0.3, 0.4) is 0 Å². The molecule has 0 N–H and O–H groups in total. The molecule has 0 heterocycles. The third-order valence-corrected chi connectivity index (χ3v) is 2.49. The van der Waals surface area contributed by atoms with Gasteiger partial charge in [-0.3, -0.25) is 0 Å². The summed E-state index contributed by atoms with van der Waals surface area (Å²) in [5.74, 6) is 0. The van der Waals surface area contributed by atoms with E-state index in [2.05, 4.69) is 13.8 Å². The Morgan fingerprint density at radius 3 is 1.15 bits per heavy atom. The third kappa shape index (κ3) is 19.3. The third-order valence-electron chi connectivity index (χ3n) is 1.35. The summed E-state index contributed by atoms with van der Waals surface area (Å²) in [6.07, 6.45) is 7.01. The van der Waals surface area contributed by atoms with Crippen LogP contribution in [0.15, 0.2) is 8.98 Å². The maximum Gasteiger partial charge on any atom is 0.136 e. The average molecular weight is 266 g/mol. The summed E-state index contributed by atoms with van der Waals surface area (Å²) in [7, 11) is 0. The summed E-state index contributed by atoms with van der Waals surface area (Å²) in [4.78, 5) is 0. The standard InChI is InChI=1S/C7H16.C2Cl4/c1-3-5-7-6-4-2;3-1(4)2(5)6/h3-7H2,1-2H3;. The summed E-state index contributed by atoms with van der Waals surface area (Å²) in [5, 5.41) is 0. The Balaban J connectivity index is 0. The Kier molecular flexibility index (Phi) is 16.2. The number of unbranched alkanes of at least 4 members (excludes halogenated alkanes) is 4. The van der Waals surface area contributed by atoms with Crippen LogP contribution in [0.2, 0.25) is 0 Å². The fraction of sp³-hybridized carbons (Fsp3) is 0.778. The molecule has 0 saturated carbocycles. The zero-order chi connectivity index (χ0) is 10.7. The molecule has 80 valence electrons. The molecule has 0 fully saturated rings. The van der Waals surface area contributed by atoms with E-state index in [9.17, 15) is 0 Å². The van der Waals surface area contributed by atoms with Gasteiger partial charge in [-0.15, -0.1) is 0 Å². The molecular weight excluding hydrogens is 250 g/mol. The van der Waals surface area contributed by atoms with Gasteiger partial charge in [-0.05, 0) is 0 Å². The number of hydrogen-bond donors (Lipinski definition) is 0. The first-order valence-corrected chi connectivity index (χ1v) is 5.93. The van der Waals surface area contributed by atoms with E-state index in [1.807, 2.05) is 0 Å². The minimum atomic E-state index is -0.0988. The topological polar surface area (TPSA) is 0 Å². The lowest BCUT2D eigenvalue weighted by Gasteiger charge is -1.90. The lowest BCUT2D eigenvalue weighted by molar-refractivity contribution is 0.656. The Labute approximate surface area is 101 Å². The molecule has 0 saturated heterocycles. The van der Waals surface area contributed by atoms with Crippen LogP contribution in [-0.4, -0.2) is 0 Å². The van der Waals surface area contributed by atoms with Gasteiger partial charge >= 0.3 is 0 Å². The van der Waals surface area contributed by atoms with Crippen LogP contribution in [0, 0.1) is 0 Å². The second-order valence-corrected chi connectivity index (χ2v) is 4.48. The van der Waals surface area contributed by atoms with Crippen molar-refractivity contribution in [3.63, 3.8) is 0 Å². The molecule has 0 bridgehead atoms. The van der Waals surface area contributed by atoms with Crippen molar-refractivity contribution in [1.82, 2.24) is 0 Å². The highest BCUT2D eigenvalue weighted by Crippen LogP contribution is 2.20. The first-order chi connectivity index (χ1) is 6.06. The molecular formula is C9H16Cl4. The summed E-state index contributed by atoms with van der Waals surface area (Å²) < 4.78 is -0.198. The van der Waals surface area contributed by atoms with Crippen LogP contribution in [0.1, 0.15) is 46.0 Å². The number of rotatable bonds is 4. The Morgan fingerprint density at radius 1 is 0.692 bits per heavy atom. The first-order valence-electron chi connectivity index (χ1n) is 4.42. The van der Waals surface area contributed by atoms with Crippen LogP contribution in [0.5, 0.6) is 0 Å². The van der Waals surface area contributed by atoms with Crippen LogP contribution in [-0.2, 0) is 0 Å². The normalized spacial score (nSPS) is 8.77. The van der Waals surface area contributed by atoms with Gasteiger partial charge in [0.25, 0.3) is 0 Å². The molecule has 0 spiro atoms. The van der Waals surface area contributed by atoms with Crippen molar-refractivity contribution in [1.29, 1.82) is 0 Å². The fourth-order valence-electron chi connectivity index (χ4n) is 0.677. The van der Waals surface area contributed by atoms with Gasteiger partial charge in [0.05, 0.1) is 0 Å². The van der Waals surface area contributed by atoms with E-state index >= 15 is 0 Å². The quantitative estimate of drug-likeness (QED) is 0.543. The SMILES string of the molecule is CCCCCCC.ClC(Cl)=C(Cl)Cl. The van der Waals surface area contributed by atoms with Gasteiger partial charge in [-0.2, -0.15) is 0 Å². The van der Waals surface area contributed by atoms with E-state index in [0.717, 1.165) is 0 Å². The maximum absolute atomic E-state index is 4.99. The maximum atomic E-state index is 4.99. The predicted octanol–water partition coefficient (Wildman–Crippen LogP) is 6.04. The van der Waals surface area contributed by atoms with Gasteiger partial charge in [-0.25, -0.2) is 0 Å². The van der Waals surface area contributed by atoms with E-state index in [4.69, 9.17) is 46.4 Å². The Morgan fingerprint density at radius 2 is 1.00 bits per heavy atom. The molecule has 0 aromatic rings. The molecule has 0 aliphatic carbocycles. The van der Waals surface area contributed by atoms with Crippen LogP contribution < -0.4 is 0 Å². The van der Waals surface area contributed by atoms with Crippen molar-refractivity contribution >= 4 is 46.4 Å². The van der Waals surface area contributed by atoms with Crippen molar-refractivity contribution in [2.24, 2.45) is 0 Å². The van der Waals surface area contributed by atoms with E-state index < -0.39 is 0 Å². The average Bonchev–Trinajstić information content (AvgIpc) is 2.06. The van der Waals surface area contributed by atoms with E-state index in [0.29, 0.717) is 0 Å². The molecule has 0 aliphatic heterocycles. The van der Waals surface area contributed by atoms with Crippen molar-refractivity contribution in [3.05, 3.63) is 8.98 Å². The van der Waals surface area contributed by atoms with E-state index in [1.54, 1.807) is 0 Å². The van der Waals surface area contributed by atoms with Crippen molar-refractivity contribution < 1.29 is 0 Å².